The van der Waals surface area contributed by atoms with Gasteiger partial charge < -0.3 is 14.6 Å². The number of ether oxygens (including phenoxy) is 2. The summed E-state index contributed by atoms with van der Waals surface area (Å²) < 4.78 is 42.8. The van der Waals surface area contributed by atoms with E-state index in [0.717, 1.165) is 51.4 Å². The van der Waals surface area contributed by atoms with Gasteiger partial charge in [0.2, 0.25) is 0 Å². The van der Waals surface area contributed by atoms with E-state index in [9.17, 15) is 27.4 Å². The van der Waals surface area contributed by atoms with E-state index in [0.29, 0.717) is 0 Å². The van der Waals surface area contributed by atoms with Crippen molar-refractivity contribution >= 4 is 94.1 Å². The van der Waals surface area contributed by atoms with Crippen LogP contribution >= 0.6 is 12.6 Å². The van der Waals surface area contributed by atoms with E-state index in [1.165, 1.54) is 0 Å². The van der Waals surface area contributed by atoms with Crippen LogP contribution in [0.1, 0.15) is 85.5 Å². The SMILES string of the molecule is CCCCC(CC)COC(=O)CC(C(=O)OCC(CC)CCCC)S(=O)(=O)O.O=C(O)CS.[NaH].[SnH2]. The zero-order valence-electron chi connectivity index (χ0n) is 21.0. The van der Waals surface area contributed by atoms with E-state index in [1.807, 2.05) is 13.8 Å². The minimum atomic E-state index is -4.76. The quantitative estimate of drug-likeness (QED) is 0.0930. The Balaban J connectivity index is -0.000000619. The molecule has 35 heavy (non-hydrogen) atoms. The summed E-state index contributed by atoms with van der Waals surface area (Å²) >= 11 is 3.42. The number of hydrogen-bond donors (Lipinski definition) is 3. The van der Waals surface area contributed by atoms with Gasteiger partial charge in [0.05, 0.1) is 25.4 Å². The third kappa shape index (κ3) is 24.6. The van der Waals surface area contributed by atoms with Crippen molar-refractivity contribution in [3.63, 3.8) is 0 Å². The number of hydrogen-bond acceptors (Lipinski definition) is 8. The summed E-state index contributed by atoms with van der Waals surface area (Å²) in [6.07, 6.45) is 6.74. The number of carboxylic acid groups (broad SMARTS) is 1. The zero-order valence-corrected chi connectivity index (χ0v) is 26.8. The second-order valence-electron chi connectivity index (χ2n) is 7.91. The van der Waals surface area contributed by atoms with Crippen LogP contribution in [0, 0.1) is 11.8 Å². The van der Waals surface area contributed by atoms with Crippen LogP contribution in [0.2, 0.25) is 0 Å². The summed E-state index contributed by atoms with van der Waals surface area (Å²) in [6.45, 7) is 8.35. The number of aliphatic carboxylic acids is 1. The molecule has 204 valence electrons. The number of esters is 2. The van der Waals surface area contributed by atoms with Crippen molar-refractivity contribution in [3.8, 4) is 0 Å². The van der Waals surface area contributed by atoms with Crippen LogP contribution in [0.15, 0.2) is 0 Å². The third-order valence-corrected chi connectivity index (χ3v) is 6.49. The van der Waals surface area contributed by atoms with Crippen molar-refractivity contribution in [2.24, 2.45) is 11.8 Å². The van der Waals surface area contributed by atoms with Crippen LogP contribution in [-0.2, 0) is 34.0 Å². The molecule has 0 bridgehead atoms. The Labute approximate surface area is 255 Å². The number of carboxylic acids is 1. The normalized spacial score (nSPS) is 13.0. The average Bonchev–Trinajstić information content (AvgIpc) is 2.77. The predicted octanol–water partition coefficient (Wildman–Crippen LogP) is 2.59. The van der Waals surface area contributed by atoms with Gasteiger partial charge in [-0.1, -0.05) is 66.2 Å². The fourth-order valence-electron chi connectivity index (χ4n) is 2.82. The second-order valence-corrected chi connectivity index (χ2v) is 9.82. The van der Waals surface area contributed by atoms with Crippen molar-refractivity contribution < 1.29 is 41.9 Å². The first-order valence-electron chi connectivity index (χ1n) is 11.6. The van der Waals surface area contributed by atoms with Gasteiger partial charge in [-0.05, 0) is 24.7 Å². The Morgan fingerprint density at radius 1 is 0.886 bits per heavy atom. The van der Waals surface area contributed by atoms with E-state index >= 15 is 0 Å². The maximum absolute atomic E-state index is 12.2. The zero-order chi connectivity index (χ0) is 25.9. The van der Waals surface area contributed by atoms with Gasteiger partial charge in [0.15, 0.2) is 5.25 Å². The summed E-state index contributed by atoms with van der Waals surface area (Å²) in [5.74, 6) is -2.57. The average molecular weight is 659 g/mol. The molecule has 3 atom stereocenters. The van der Waals surface area contributed by atoms with E-state index in [4.69, 9.17) is 14.6 Å². The molecule has 0 aromatic carbocycles. The molecule has 3 unspecified atom stereocenters. The third-order valence-electron chi connectivity index (χ3n) is 5.14. The number of thiol groups is 1. The van der Waals surface area contributed by atoms with Crippen LogP contribution in [0.25, 0.3) is 0 Å². The van der Waals surface area contributed by atoms with Crippen molar-refractivity contribution in [3.05, 3.63) is 0 Å². The van der Waals surface area contributed by atoms with Crippen LogP contribution in [-0.4, -0.2) is 114 Å². The number of carbonyl (C=O) groups is 3. The van der Waals surface area contributed by atoms with Crippen molar-refractivity contribution in [2.45, 2.75) is 90.7 Å². The van der Waals surface area contributed by atoms with E-state index in [1.54, 1.807) is 0 Å². The van der Waals surface area contributed by atoms with Gasteiger partial charge in [-0.3, -0.25) is 18.9 Å². The number of carbonyl (C=O) groups excluding carboxylic acids is 2. The molecule has 0 rings (SSSR count). The topological polar surface area (TPSA) is 144 Å². The standard InChI is InChI=1S/C20H38O7S.C2H4O2S.Na.Sn.3H/c1-5-9-11-16(7-3)14-26-19(21)13-18(28(23,24)25)20(22)27-15-17(8-4)12-10-6-2;3-2(4)1-5;;;;;/h16-18H,5-15H2,1-4H3,(H,23,24,25);5H,1H2,(H,3,4);;;;;. The van der Waals surface area contributed by atoms with Crippen molar-refractivity contribution in [1.29, 1.82) is 0 Å². The molecule has 0 aromatic heterocycles. The van der Waals surface area contributed by atoms with Gasteiger partial charge in [0, 0.05) is 0 Å². The molecule has 0 aliphatic rings. The van der Waals surface area contributed by atoms with Gasteiger partial charge in [-0.15, -0.1) is 0 Å². The molecule has 2 N–H and O–H groups in total. The molecule has 0 saturated heterocycles. The monoisotopic (exact) mass is 660 g/mol. The molecule has 0 saturated carbocycles. The first-order chi connectivity index (χ1) is 15.5. The molecule has 0 heterocycles. The summed E-state index contributed by atoms with van der Waals surface area (Å²) in [6, 6.07) is 0. The van der Waals surface area contributed by atoms with Crippen LogP contribution in [0.5, 0.6) is 0 Å². The molecular formula is C22H45NaO9S2Sn. The van der Waals surface area contributed by atoms with Gasteiger partial charge in [0.25, 0.3) is 10.1 Å². The summed E-state index contributed by atoms with van der Waals surface area (Å²) in [7, 11) is -4.76. The molecular weight excluding hydrogens is 614 g/mol. The van der Waals surface area contributed by atoms with Crippen molar-refractivity contribution in [2.75, 3.05) is 19.0 Å². The molecule has 0 fully saturated rings. The van der Waals surface area contributed by atoms with Gasteiger partial charge in [0.1, 0.15) is 0 Å². The molecule has 0 spiro atoms. The Kier molecular flexibility index (Phi) is 31.7. The molecule has 0 aliphatic heterocycles. The first-order valence-corrected chi connectivity index (χ1v) is 13.7. The van der Waals surface area contributed by atoms with Gasteiger partial charge in [-0.2, -0.15) is 21.0 Å². The molecule has 0 amide bonds. The number of unbranched alkanes of at least 4 members (excludes halogenated alkanes) is 2. The second kappa shape index (κ2) is 26.1. The Hall–Kier alpha value is 0.469. The molecule has 0 aliphatic carbocycles. The number of rotatable bonds is 17. The summed E-state index contributed by atoms with van der Waals surface area (Å²) in [4.78, 5) is 33.5. The first kappa shape index (κ1) is 42.6. The molecule has 0 aromatic rings. The fourth-order valence-corrected chi connectivity index (χ4v) is 3.48. The molecule has 9 nitrogen and oxygen atoms in total. The van der Waals surface area contributed by atoms with Crippen LogP contribution in [0.4, 0.5) is 0 Å². The van der Waals surface area contributed by atoms with Gasteiger partial charge in [-0.25, -0.2) is 0 Å². The van der Waals surface area contributed by atoms with Crippen LogP contribution < -0.4 is 0 Å². The van der Waals surface area contributed by atoms with Gasteiger partial charge >= 0.3 is 71.4 Å². The fraction of sp³-hybridized carbons (Fsp3) is 0.864. The molecule has 2 radical (unpaired) electrons. The summed E-state index contributed by atoms with van der Waals surface area (Å²) in [5.41, 5.74) is 0. The predicted molar refractivity (Wildman–Crippen MR) is 146 cm³/mol. The molecule has 13 heteroatoms. The van der Waals surface area contributed by atoms with E-state index in [2.05, 4.69) is 26.5 Å². The Morgan fingerprint density at radius 3 is 1.60 bits per heavy atom. The van der Waals surface area contributed by atoms with E-state index in [-0.39, 0.29) is 84.3 Å². The Morgan fingerprint density at radius 2 is 1.29 bits per heavy atom. The van der Waals surface area contributed by atoms with Crippen LogP contribution in [0.3, 0.4) is 0 Å². The summed E-state index contributed by atoms with van der Waals surface area (Å²) in [5, 5.41) is 5.70. The minimum absolute atomic E-state index is 0. The van der Waals surface area contributed by atoms with Crippen molar-refractivity contribution in [1.82, 2.24) is 0 Å². The Bertz CT molecular complexity index is 663. The van der Waals surface area contributed by atoms with E-state index < -0.39 is 39.7 Å². The maximum atomic E-state index is 12.2.